The number of rotatable bonds is 17. The van der Waals surface area contributed by atoms with E-state index in [-0.39, 0.29) is 24.9 Å². The Morgan fingerprint density at radius 3 is 2.02 bits per heavy atom. The number of nitrogens with two attached hydrogens (primary N) is 3. The van der Waals surface area contributed by atoms with Crippen LogP contribution >= 0.6 is 12.6 Å². The van der Waals surface area contributed by atoms with Crippen LogP contribution in [0.3, 0.4) is 0 Å². The Labute approximate surface area is 325 Å². The van der Waals surface area contributed by atoms with Gasteiger partial charge in [-0.2, -0.15) is 12.6 Å². The monoisotopic (exact) mass is 758 g/mol. The molecule has 300 valence electrons. The van der Waals surface area contributed by atoms with E-state index in [4.69, 9.17) is 24.1 Å². The number of hydrogen-bond acceptors (Lipinski definition) is 9. The van der Waals surface area contributed by atoms with E-state index in [1.165, 1.54) is 31.9 Å². The number of Topliss-reactive ketones (excluding diaryl/α,β-unsaturated/α-hetero) is 1. The third-order valence-corrected chi connectivity index (χ3v) is 9.24. The maximum Gasteiger partial charge on any atom is 0.287 e. The molecular formula is C41H71N7O4S. The van der Waals surface area contributed by atoms with Crippen molar-refractivity contribution in [3.05, 3.63) is 73.2 Å². The van der Waals surface area contributed by atoms with E-state index in [0.717, 1.165) is 36.6 Å². The van der Waals surface area contributed by atoms with Crippen LogP contribution in [-0.2, 0) is 19.2 Å². The van der Waals surface area contributed by atoms with Gasteiger partial charge >= 0.3 is 0 Å². The van der Waals surface area contributed by atoms with Gasteiger partial charge in [0.1, 0.15) is 0 Å². The first-order valence-electron chi connectivity index (χ1n) is 18.9. The molecule has 4 unspecified atom stereocenters. The highest BCUT2D eigenvalue weighted by atomic mass is 32.1. The highest BCUT2D eigenvalue weighted by Gasteiger charge is 2.37. The summed E-state index contributed by atoms with van der Waals surface area (Å²) in [5.74, 6) is -1.51. The van der Waals surface area contributed by atoms with Crippen molar-refractivity contribution in [1.29, 1.82) is 0 Å². The average molecular weight is 758 g/mol. The van der Waals surface area contributed by atoms with Crippen molar-refractivity contribution in [2.75, 3.05) is 13.1 Å². The predicted molar refractivity (Wildman–Crippen MR) is 223 cm³/mol. The van der Waals surface area contributed by atoms with Crippen LogP contribution in [0.5, 0.6) is 0 Å². The van der Waals surface area contributed by atoms with E-state index in [1.807, 2.05) is 33.8 Å². The fraction of sp³-hybridized carbons (Fsp3) is 0.610. The number of carbonyl (C=O) groups is 4. The molecule has 12 heteroatoms. The SMILES string of the molecule is C=C(CC(C)(N)CC)NC(C(=C)N1CCCC1CC(=O)C(=O)NCC(=O)NC(CC(N)=O)c1ccccc1)C(C)(C)S.C=CN.CC1CCC1.CCC. The van der Waals surface area contributed by atoms with Crippen LogP contribution in [0.15, 0.2) is 67.7 Å². The fourth-order valence-corrected chi connectivity index (χ4v) is 5.90. The lowest BCUT2D eigenvalue weighted by molar-refractivity contribution is -0.139. The molecule has 3 rings (SSSR count). The highest BCUT2D eigenvalue weighted by molar-refractivity contribution is 7.81. The highest BCUT2D eigenvalue weighted by Crippen LogP contribution is 2.32. The van der Waals surface area contributed by atoms with Crippen molar-refractivity contribution < 1.29 is 19.2 Å². The Morgan fingerprint density at radius 1 is 1.02 bits per heavy atom. The molecule has 1 saturated heterocycles. The Hall–Kier alpha value is -3.77. The summed E-state index contributed by atoms with van der Waals surface area (Å²) in [4.78, 5) is 51.6. The third-order valence-electron chi connectivity index (χ3n) is 8.98. The van der Waals surface area contributed by atoms with E-state index < -0.39 is 46.4 Å². The second-order valence-corrected chi connectivity index (χ2v) is 16.1. The van der Waals surface area contributed by atoms with Gasteiger partial charge in [0, 0.05) is 47.1 Å². The molecule has 9 N–H and O–H groups in total. The first-order chi connectivity index (χ1) is 24.8. The lowest BCUT2D eigenvalue weighted by Gasteiger charge is -2.40. The third kappa shape index (κ3) is 20.3. The summed E-state index contributed by atoms with van der Waals surface area (Å²) in [5.41, 5.74) is 18.2. The van der Waals surface area contributed by atoms with Crippen molar-refractivity contribution in [3.63, 3.8) is 0 Å². The number of nitrogens with zero attached hydrogens (tertiary/aromatic N) is 1. The summed E-state index contributed by atoms with van der Waals surface area (Å²) in [6.07, 6.45) is 9.80. The number of thiol groups is 1. The van der Waals surface area contributed by atoms with E-state index in [2.05, 4.69) is 67.1 Å². The topological polar surface area (TPSA) is 186 Å². The predicted octanol–water partition coefficient (Wildman–Crippen LogP) is 5.78. The average Bonchev–Trinajstić information content (AvgIpc) is 3.53. The Balaban J connectivity index is 0.00000213. The van der Waals surface area contributed by atoms with Gasteiger partial charge in [0.2, 0.25) is 17.6 Å². The standard InChI is InChI=1S/C31H48N6O4S.C5H10.C3H8.C2H5N/c1-7-31(6,33)18-20(2)35-28(30(4,5)42)21(3)37-15-11-14-23(37)16-25(38)29(41)34-19-27(40)36-24(17-26(32)39)22-12-9-8-10-13-22;1-5-3-2-4-5;1-3-2;1-2-3/h8-10,12-13,23-24,28,35,42H,2-3,7,11,14-19,33H2,1,4-6H3,(H2,32,39)(H,34,41)(H,36,40);5H,2-4H2,1H3;3H2,1-2H3;2H,1,3H2. The van der Waals surface area contributed by atoms with Gasteiger partial charge in [-0.1, -0.05) is 103 Å². The molecular weight excluding hydrogens is 687 g/mol. The summed E-state index contributed by atoms with van der Waals surface area (Å²) < 4.78 is -0.509. The minimum atomic E-state index is -0.840. The van der Waals surface area contributed by atoms with Crippen LogP contribution in [0.4, 0.5) is 0 Å². The number of primary amides is 1. The van der Waals surface area contributed by atoms with Crippen LogP contribution in [0.2, 0.25) is 0 Å². The van der Waals surface area contributed by atoms with Crippen LogP contribution < -0.4 is 33.2 Å². The number of hydrogen-bond donors (Lipinski definition) is 7. The number of nitrogens with one attached hydrogen (secondary N) is 3. The quantitative estimate of drug-likeness (QED) is 0.0770. The minimum Gasteiger partial charge on any atom is -0.405 e. The fourth-order valence-electron chi connectivity index (χ4n) is 5.69. The van der Waals surface area contributed by atoms with E-state index >= 15 is 0 Å². The maximum atomic E-state index is 12.9. The zero-order valence-corrected chi connectivity index (χ0v) is 34.5. The summed E-state index contributed by atoms with van der Waals surface area (Å²) in [6.45, 7) is 26.5. The molecule has 0 bridgehead atoms. The van der Waals surface area contributed by atoms with Crippen molar-refractivity contribution in [2.24, 2.45) is 23.1 Å². The van der Waals surface area contributed by atoms with Crippen molar-refractivity contribution in [2.45, 2.75) is 141 Å². The number of carbonyl (C=O) groups excluding carboxylic acids is 4. The number of likely N-dealkylation sites (tertiary alicyclic amines) is 1. The first-order valence-corrected chi connectivity index (χ1v) is 19.4. The lowest BCUT2D eigenvalue weighted by atomic mass is 9.88. The Morgan fingerprint density at radius 2 is 1.57 bits per heavy atom. The van der Waals surface area contributed by atoms with Crippen LogP contribution in [0.25, 0.3) is 0 Å². The molecule has 0 aromatic heterocycles. The number of amides is 3. The van der Waals surface area contributed by atoms with Gasteiger partial charge in [0.25, 0.3) is 5.91 Å². The summed E-state index contributed by atoms with van der Waals surface area (Å²) in [6, 6.07) is 7.77. The summed E-state index contributed by atoms with van der Waals surface area (Å²) in [5, 5.41) is 8.57. The second kappa shape index (κ2) is 25.3. The molecule has 2 fully saturated rings. The van der Waals surface area contributed by atoms with Crippen LogP contribution in [0.1, 0.15) is 124 Å². The molecule has 0 radical (unpaired) electrons. The van der Waals surface area contributed by atoms with Gasteiger partial charge in [-0.15, -0.1) is 0 Å². The molecule has 2 aliphatic rings. The zero-order chi connectivity index (χ0) is 40.8. The van der Waals surface area contributed by atoms with Crippen molar-refractivity contribution >= 4 is 36.1 Å². The number of benzene rings is 1. The maximum absolute atomic E-state index is 12.9. The van der Waals surface area contributed by atoms with Gasteiger partial charge in [0.15, 0.2) is 0 Å². The van der Waals surface area contributed by atoms with E-state index in [9.17, 15) is 19.2 Å². The molecule has 4 atom stereocenters. The van der Waals surface area contributed by atoms with Gasteiger partial charge in [0.05, 0.1) is 25.0 Å². The molecule has 1 aliphatic carbocycles. The molecule has 0 spiro atoms. The first kappa shape index (κ1) is 49.2. The molecule has 3 amide bonds. The Bertz CT molecular complexity index is 1310. The van der Waals surface area contributed by atoms with E-state index in [0.29, 0.717) is 18.5 Å². The van der Waals surface area contributed by atoms with E-state index in [1.54, 1.807) is 24.3 Å². The summed E-state index contributed by atoms with van der Waals surface area (Å²) in [7, 11) is 0. The molecule has 1 aromatic carbocycles. The molecule has 53 heavy (non-hydrogen) atoms. The van der Waals surface area contributed by atoms with Gasteiger partial charge < -0.3 is 38.1 Å². The second-order valence-electron chi connectivity index (χ2n) is 15.0. The number of ketones is 1. The largest absolute Gasteiger partial charge is 0.405 e. The van der Waals surface area contributed by atoms with Crippen LogP contribution in [-0.4, -0.2) is 63.9 Å². The lowest BCUT2D eigenvalue weighted by Crippen LogP contribution is -2.51. The van der Waals surface area contributed by atoms with Crippen molar-refractivity contribution in [3.8, 4) is 0 Å². The van der Waals surface area contributed by atoms with Crippen molar-refractivity contribution in [1.82, 2.24) is 20.9 Å². The molecule has 11 nitrogen and oxygen atoms in total. The summed E-state index contributed by atoms with van der Waals surface area (Å²) >= 11 is 4.82. The van der Waals surface area contributed by atoms with Crippen LogP contribution in [0, 0.1) is 5.92 Å². The molecule has 1 saturated carbocycles. The molecule has 1 aliphatic heterocycles. The zero-order valence-electron chi connectivity index (χ0n) is 33.6. The molecule has 1 aromatic rings. The normalized spacial score (nSPS) is 17.2. The smallest absolute Gasteiger partial charge is 0.287 e. The minimum absolute atomic E-state index is 0.0157. The van der Waals surface area contributed by atoms with Gasteiger partial charge in [-0.25, -0.2) is 0 Å². The molecule has 1 heterocycles. The van der Waals surface area contributed by atoms with Gasteiger partial charge in [-0.05, 0) is 57.7 Å². The Kier molecular flexibility index (Phi) is 23.5. The van der Waals surface area contributed by atoms with Gasteiger partial charge in [-0.3, -0.25) is 19.2 Å².